The van der Waals surface area contributed by atoms with Crippen molar-refractivity contribution in [3.8, 4) is 0 Å². The second-order valence-corrected chi connectivity index (χ2v) is 8.42. The first-order chi connectivity index (χ1) is 15.5. The number of nitrogens with one attached hydrogen (secondary N) is 1. The van der Waals surface area contributed by atoms with Gasteiger partial charge in [0.15, 0.2) is 0 Å². The van der Waals surface area contributed by atoms with Gasteiger partial charge in [-0.3, -0.25) is 9.78 Å². The molecule has 1 amide bonds. The van der Waals surface area contributed by atoms with Crippen molar-refractivity contribution in [1.82, 2.24) is 20.0 Å². The van der Waals surface area contributed by atoms with Gasteiger partial charge in [0.25, 0.3) is 0 Å². The van der Waals surface area contributed by atoms with Crippen LogP contribution < -0.4 is 10.2 Å². The van der Waals surface area contributed by atoms with Crippen molar-refractivity contribution in [3.05, 3.63) is 64.2 Å². The number of fused-ring (bicyclic) bond motifs is 1. The predicted octanol–water partition coefficient (Wildman–Crippen LogP) is 3.92. The van der Waals surface area contributed by atoms with Gasteiger partial charge in [0.2, 0.25) is 5.91 Å². The quantitative estimate of drug-likeness (QED) is 0.627. The van der Waals surface area contributed by atoms with E-state index in [2.05, 4.69) is 20.6 Å². The Hall–Kier alpha value is -3.43. The minimum atomic E-state index is -4.38. The van der Waals surface area contributed by atoms with E-state index in [1.165, 1.54) is 6.07 Å². The molecule has 1 aliphatic rings. The van der Waals surface area contributed by atoms with Crippen LogP contribution in [-0.4, -0.2) is 39.0 Å². The summed E-state index contributed by atoms with van der Waals surface area (Å²) >= 11 is 0. The number of rotatable bonds is 5. The Morgan fingerprint density at radius 2 is 1.85 bits per heavy atom. The van der Waals surface area contributed by atoms with Crippen molar-refractivity contribution in [2.75, 3.05) is 17.3 Å². The minimum Gasteiger partial charge on any atom is -0.361 e. The number of aromatic nitrogens is 4. The third kappa shape index (κ3) is 4.69. The zero-order valence-corrected chi connectivity index (χ0v) is 18.9. The molecule has 0 spiro atoms. The van der Waals surface area contributed by atoms with Gasteiger partial charge in [-0.25, -0.2) is 4.68 Å². The number of hydrogen-bond donors (Lipinski definition) is 1. The Morgan fingerprint density at radius 1 is 1.12 bits per heavy atom. The molecule has 1 aliphatic heterocycles. The number of alkyl halides is 3. The number of hydrogen-bond acceptors (Lipinski definition) is 5. The number of pyridine rings is 1. The average molecular weight is 458 g/mol. The first-order valence-electron chi connectivity index (χ1n) is 10.6. The summed E-state index contributed by atoms with van der Waals surface area (Å²) in [4.78, 5) is 18.6. The molecule has 7 nitrogen and oxygen atoms in total. The molecule has 0 bridgehead atoms. The summed E-state index contributed by atoms with van der Waals surface area (Å²) in [7, 11) is 1.88. The highest BCUT2D eigenvalue weighted by molar-refractivity contribution is 6.03. The Balaban J connectivity index is 1.46. The summed E-state index contributed by atoms with van der Waals surface area (Å²) in [5.41, 5.74) is 4.63. The van der Waals surface area contributed by atoms with Crippen molar-refractivity contribution in [3.63, 3.8) is 0 Å². The number of anilines is 2. The lowest BCUT2D eigenvalue weighted by Gasteiger charge is -2.34. The van der Waals surface area contributed by atoms with Gasteiger partial charge < -0.3 is 10.2 Å². The molecule has 1 aromatic carbocycles. The monoisotopic (exact) mass is 458 g/mol. The molecule has 4 rings (SSSR count). The first kappa shape index (κ1) is 22.8. The molecule has 1 N–H and O–H groups in total. The maximum Gasteiger partial charge on any atom is 0.416 e. The number of halogens is 3. The van der Waals surface area contributed by atoms with Crippen molar-refractivity contribution in [2.24, 2.45) is 0 Å². The summed E-state index contributed by atoms with van der Waals surface area (Å²) in [5.74, 6) is -0.0599. The molecule has 174 valence electrons. The van der Waals surface area contributed by atoms with Crippen LogP contribution in [0, 0.1) is 13.8 Å². The lowest BCUT2D eigenvalue weighted by molar-refractivity contribution is -0.137. The Bertz CT molecular complexity index is 1200. The second-order valence-electron chi connectivity index (χ2n) is 8.42. The molecule has 10 heteroatoms. The number of carbonyl (C=O) groups is 1. The van der Waals surface area contributed by atoms with Crippen LogP contribution in [0.15, 0.2) is 30.5 Å². The van der Waals surface area contributed by atoms with E-state index in [-0.39, 0.29) is 18.5 Å². The average Bonchev–Trinajstić information content (AvgIpc) is 3.19. The third-order valence-electron chi connectivity index (χ3n) is 6.05. The maximum atomic E-state index is 13.0. The highest BCUT2D eigenvalue weighted by atomic mass is 19.4. The van der Waals surface area contributed by atoms with Crippen LogP contribution >= 0.6 is 0 Å². The number of benzene rings is 1. The van der Waals surface area contributed by atoms with Gasteiger partial charge >= 0.3 is 6.18 Å². The molecule has 1 atom stereocenters. The van der Waals surface area contributed by atoms with Crippen molar-refractivity contribution in [1.29, 1.82) is 0 Å². The Kier molecular flexibility index (Phi) is 5.85. The minimum absolute atomic E-state index is 0.0599. The lowest BCUT2D eigenvalue weighted by Crippen LogP contribution is -2.44. The van der Waals surface area contributed by atoms with Crippen LogP contribution in [0.3, 0.4) is 0 Å². The van der Waals surface area contributed by atoms with Gasteiger partial charge in [-0.05, 0) is 62.9 Å². The van der Waals surface area contributed by atoms with E-state index in [0.717, 1.165) is 46.2 Å². The molecule has 0 radical (unpaired) electrons. The van der Waals surface area contributed by atoms with E-state index in [1.54, 1.807) is 17.8 Å². The van der Waals surface area contributed by atoms with Crippen LogP contribution in [0.25, 0.3) is 0 Å². The topological polar surface area (TPSA) is 75.9 Å². The number of aryl methyl sites for hydroxylation is 4. The van der Waals surface area contributed by atoms with Gasteiger partial charge in [-0.2, -0.15) is 13.2 Å². The molecule has 0 aliphatic carbocycles. The SMILES string of the molecule is Cc1ccc(C(F)(F)F)cc1Cn1cc(CCc2cc3c(c(C)n2)NC(=O)[C@H](C)N3C)nn1. The summed E-state index contributed by atoms with van der Waals surface area (Å²) in [6, 6.07) is 5.41. The molecular weight excluding hydrogens is 433 g/mol. The fourth-order valence-electron chi connectivity index (χ4n) is 3.87. The summed E-state index contributed by atoms with van der Waals surface area (Å²) in [6.45, 7) is 5.69. The molecular formula is C23H25F3N6O. The second kappa shape index (κ2) is 8.49. The van der Waals surface area contributed by atoms with Crippen LogP contribution in [0.5, 0.6) is 0 Å². The van der Waals surface area contributed by atoms with Gasteiger partial charge in [0.1, 0.15) is 6.04 Å². The van der Waals surface area contributed by atoms with E-state index in [4.69, 9.17) is 0 Å². The first-order valence-corrected chi connectivity index (χ1v) is 10.6. The van der Waals surface area contributed by atoms with Crippen LogP contribution in [0.2, 0.25) is 0 Å². The number of carbonyl (C=O) groups excluding carboxylic acids is 1. The van der Waals surface area contributed by atoms with E-state index >= 15 is 0 Å². The van der Waals surface area contributed by atoms with Crippen molar-refractivity contribution < 1.29 is 18.0 Å². The van der Waals surface area contributed by atoms with E-state index in [0.29, 0.717) is 18.4 Å². The number of likely N-dealkylation sites (N-methyl/N-ethyl adjacent to an activating group) is 1. The smallest absolute Gasteiger partial charge is 0.361 e. The fraction of sp³-hybridized carbons (Fsp3) is 0.391. The highest BCUT2D eigenvalue weighted by Gasteiger charge is 2.31. The Morgan fingerprint density at radius 3 is 2.58 bits per heavy atom. The highest BCUT2D eigenvalue weighted by Crippen LogP contribution is 2.34. The lowest BCUT2D eigenvalue weighted by atomic mass is 10.0. The predicted molar refractivity (Wildman–Crippen MR) is 118 cm³/mol. The van der Waals surface area contributed by atoms with Crippen molar-refractivity contribution in [2.45, 2.75) is 52.4 Å². The zero-order chi connectivity index (χ0) is 23.9. The van der Waals surface area contributed by atoms with Gasteiger partial charge in [0, 0.05) is 18.9 Å². The van der Waals surface area contributed by atoms with Gasteiger partial charge in [0.05, 0.1) is 34.9 Å². The normalized spacial score (nSPS) is 16.0. The summed E-state index contributed by atoms with van der Waals surface area (Å²) < 4.78 is 40.7. The standard InChI is InChI=1S/C23H25F3N6O/c1-13-5-6-17(23(24,25)26)9-16(13)11-32-12-19(29-30-32)8-7-18-10-20-21(14(2)27-18)28-22(33)15(3)31(20)4/h5-6,9-10,12,15H,7-8,11H2,1-4H3,(H,28,33)/t15-/m0/s1. The third-order valence-corrected chi connectivity index (χ3v) is 6.05. The number of amides is 1. The molecule has 0 fully saturated rings. The van der Waals surface area contributed by atoms with E-state index in [1.807, 2.05) is 31.9 Å². The van der Waals surface area contributed by atoms with Crippen molar-refractivity contribution >= 4 is 17.3 Å². The largest absolute Gasteiger partial charge is 0.416 e. The molecule has 0 saturated heterocycles. The van der Waals surface area contributed by atoms with E-state index < -0.39 is 11.7 Å². The molecule has 3 heterocycles. The number of nitrogens with zero attached hydrogens (tertiary/aromatic N) is 5. The van der Waals surface area contributed by atoms with Crippen LogP contribution in [-0.2, 0) is 30.4 Å². The molecule has 0 unspecified atom stereocenters. The van der Waals surface area contributed by atoms with E-state index in [9.17, 15) is 18.0 Å². The summed E-state index contributed by atoms with van der Waals surface area (Å²) in [5, 5.41) is 11.2. The molecule has 2 aromatic heterocycles. The van der Waals surface area contributed by atoms with Gasteiger partial charge in [-0.1, -0.05) is 11.3 Å². The maximum absolute atomic E-state index is 13.0. The molecule has 3 aromatic rings. The fourth-order valence-corrected chi connectivity index (χ4v) is 3.87. The molecule has 33 heavy (non-hydrogen) atoms. The van der Waals surface area contributed by atoms with Crippen LogP contribution in [0.4, 0.5) is 24.5 Å². The summed E-state index contributed by atoms with van der Waals surface area (Å²) in [6.07, 6.45) is -1.44. The van der Waals surface area contributed by atoms with Crippen LogP contribution in [0.1, 0.15) is 40.7 Å². The van der Waals surface area contributed by atoms with Gasteiger partial charge in [-0.15, -0.1) is 5.10 Å². The Labute approximate surface area is 189 Å². The zero-order valence-electron chi connectivity index (χ0n) is 18.9. The molecule has 0 saturated carbocycles.